The summed E-state index contributed by atoms with van der Waals surface area (Å²) >= 11 is 0. The minimum absolute atomic E-state index is 0.0469. The molecule has 1 rings (SSSR count). The highest BCUT2D eigenvalue weighted by atomic mass is 16.6. The third-order valence-electron chi connectivity index (χ3n) is 4.37. The number of carbonyl (C=O) groups excluding carboxylic acids is 2. The Kier molecular flexibility index (Phi) is 10.6. The van der Waals surface area contributed by atoms with Gasteiger partial charge in [0.05, 0.1) is 0 Å². The molecule has 0 unspecified atom stereocenters. The van der Waals surface area contributed by atoms with Gasteiger partial charge < -0.3 is 29.7 Å². The molecule has 0 aromatic rings. The maximum absolute atomic E-state index is 12.7. The molecule has 0 aromatic carbocycles. The van der Waals surface area contributed by atoms with Gasteiger partial charge in [-0.15, -0.1) is 0 Å². The molecule has 0 saturated carbocycles. The van der Waals surface area contributed by atoms with Gasteiger partial charge in [0, 0.05) is 46.6 Å². The van der Waals surface area contributed by atoms with Crippen LogP contribution in [0.2, 0.25) is 0 Å². The van der Waals surface area contributed by atoms with E-state index < -0.39 is 17.7 Å². The van der Waals surface area contributed by atoms with E-state index in [1.54, 1.807) is 27.9 Å². The van der Waals surface area contributed by atoms with Crippen molar-refractivity contribution in [2.75, 3.05) is 53.6 Å². The maximum Gasteiger partial charge on any atom is 0.408 e. The molecule has 1 saturated heterocycles. The van der Waals surface area contributed by atoms with E-state index in [0.29, 0.717) is 19.8 Å². The number of hydrogen-bond acceptors (Lipinski definition) is 6. The molecule has 2 amide bonds. The number of likely N-dealkylation sites (N-methyl/N-ethyl adjacent to an activating group) is 1. The second-order valence-corrected chi connectivity index (χ2v) is 8.01. The molecular formula is C19H37N3O5. The van der Waals surface area contributed by atoms with Gasteiger partial charge in [0.1, 0.15) is 11.6 Å². The monoisotopic (exact) mass is 387 g/mol. The summed E-state index contributed by atoms with van der Waals surface area (Å²) in [7, 11) is 3.70. The Bertz CT molecular complexity index is 447. The average Bonchev–Trinajstić information content (AvgIpc) is 2.59. The first-order valence-corrected chi connectivity index (χ1v) is 9.75. The van der Waals surface area contributed by atoms with Crippen LogP contribution >= 0.6 is 0 Å². The predicted octanol–water partition coefficient (Wildman–Crippen LogP) is 1.39. The highest BCUT2D eigenvalue weighted by molar-refractivity contribution is 5.86. The lowest BCUT2D eigenvalue weighted by Crippen LogP contribution is -2.53. The van der Waals surface area contributed by atoms with E-state index in [1.165, 1.54) is 0 Å². The lowest BCUT2D eigenvalue weighted by Gasteiger charge is -2.31. The lowest BCUT2D eigenvalue weighted by molar-refractivity contribution is -0.125. The van der Waals surface area contributed by atoms with Crippen LogP contribution in [0.1, 0.15) is 40.0 Å². The van der Waals surface area contributed by atoms with Crippen molar-refractivity contribution in [3.05, 3.63) is 0 Å². The van der Waals surface area contributed by atoms with Gasteiger partial charge >= 0.3 is 6.09 Å². The van der Waals surface area contributed by atoms with Crippen molar-refractivity contribution in [1.82, 2.24) is 15.5 Å². The number of carbonyl (C=O) groups is 2. The van der Waals surface area contributed by atoms with E-state index in [9.17, 15) is 9.59 Å². The zero-order valence-electron chi connectivity index (χ0n) is 17.5. The SMILES string of the molecule is COCCCN(C)CCNC(=O)[C@@H](NC(=O)OC(C)(C)C)C1CCOCC1. The molecule has 0 aliphatic carbocycles. The van der Waals surface area contributed by atoms with Crippen molar-refractivity contribution >= 4 is 12.0 Å². The van der Waals surface area contributed by atoms with Gasteiger partial charge in [-0.25, -0.2) is 4.79 Å². The van der Waals surface area contributed by atoms with Crippen LogP contribution in [-0.4, -0.2) is 82.2 Å². The van der Waals surface area contributed by atoms with Gasteiger partial charge in [0.15, 0.2) is 0 Å². The zero-order chi connectivity index (χ0) is 20.3. The van der Waals surface area contributed by atoms with Gasteiger partial charge in [-0.05, 0) is 53.0 Å². The van der Waals surface area contributed by atoms with Crippen LogP contribution in [0.15, 0.2) is 0 Å². The zero-order valence-corrected chi connectivity index (χ0v) is 17.5. The van der Waals surface area contributed by atoms with Crippen LogP contribution in [0.3, 0.4) is 0 Å². The normalized spacial score (nSPS) is 16.8. The van der Waals surface area contributed by atoms with Crippen molar-refractivity contribution in [3.8, 4) is 0 Å². The smallest absolute Gasteiger partial charge is 0.408 e. The molecule has 1 fully saturated rings. The van der Waals surface area contributed by atoms with Gasteiger partial charge in [0.25, 0.3) is 0 Å². The Balaban J connectivity index is 2.53. The van der Waals surface area contributed by atoms with E-state index >= 15 is 0 Å². The molecule has 1 heterocycles. The fourth-order valence-corrected chi connectivity index (χ4v) is 2.95. The summed E-state index contributed by atoms with van der Waals surface area (Å²) in [6.07, 6.45) is 1.87. The van der Waals surface area contributed by atoms with Gasteiger partial charge in [-0.2, -0.15) is 0 Å². The summed E-state index contributed by atoms with van der Waals surface area (Å²) < 4.78 is 15.8. The summed E-state index contributed by atoms with van der Waals surface area (Å²) in [4.78, 5) is 27.0. The van der Waals surface area contributed by atoms with E-state index in [-0.39, 0.29) is 11.8 Å². The molecule has 8 nitrogen and oxygen atoms in total. The Morgan fingerprint density at radius 2 is 1.89 bits per heavy atom. The van der Waals surface area contributed by atoms with Crippen molar-refractivity contribution in [3.63, 3.8) is 0 Å². The first kappa shape index (κ1) is 23.7. The van der Waals surface area contributed by atoms with Gasteiger partial charge in [0.2, 0.25) is 5.91 Å². The predicted molar refractivity (Wildman–Crippen MR) is 104 cm³/mol. The van der Waals surface area contributed by atoms with Crippen LogP contribution in [0.25, 0.3) is 0 Å². The number of nitrogens with zero attached hydrogens (tertiary/aromatic N) is 1. The highest BCUT2D eigenvalue weighted by Gasteiger charge is 2.32. The summed E-state index contributed by atoms with van der Waals surface area (Å²) in [5.41, 5.74) is -0.605. The average molecular weight is 388 g/mol. The Hall–Kier alpha value is -1.38. The molecule has 0 spiro atoms. The molecule has 0 radical (unpaired) electrons. The number of amides is 2. The molecule has 0 aromatic heterocycles. The van der Waals surface area contributed by atoms with Crippen LogP contribution in [0.4, 0.5) is 4.79 Å². The summed E-state index contributed by atoms with van der Waals surface area (Å²) in [5, 5.41) is 5.71. The van der Waals surface area contributed by atoms with E-state index in [2.05, 4.69) is 15.5 Å². The molecule has 158 valence electrons. The molecule has 8 heteroatoms. The minimum Gasteiger partial charge on any atom is -0.444 e. The van der Waals surface area contributed by atoms with Crippen molar-refractivity contribution in [2.24, 2.45) is 5.92 Å². The number of methoxy groups -OCH3 is 1. The van der Waals surface area contributed by atoms with Crippen LogP contribution in [-0.2, 0) is 19.0 Å². The number of nitrogens with one attached hydrogen (secondary N) is 2. The van der Waals surface area contributed by atoms with E-state index in [0.717, 1.165) is 39.0 Å². The molecule has 0 bridgehead atoms. The largest absolute Gasteiger partial charge is 0.444 e. The van der Waals surface area contributed by atoms with Crippen LogP contribution in [0.5, 0.6) is 0 Å². The van der Waals surface area contributed by atoms with Crippen molar-refractivity contribution in [2.45, 2.75) is 51.7 Å². The summed E-state index contributed by atoms with van der Waals surface area (Å²) in [5.74, 6) is -0.122. The van der Waals surface area contributed by atoms with Gasteiger partial charge in [-0.1, -0.05) is 0 Å². The highest BCUT2D eigenvalue weighted by Crippen LogP contribution is 2.20. The molecule has 1 aliphatic rings. The number of alkyl carbamates (subject to hydrolysis) is 1. The minimum atomic E-state index is -0.609. The molecule has 27 heavy (non-hydrogen) atoms. The second-order valence-electron chi connectivity index (χ2n) is 8.01. The number of hydrogen-bond donors (Lipinski definition) is 2. The van der Waals surface area contributed by atoms with Gasteiger partial charge in [-0.3, -0.25) is 4.79 Å². The second kappa shape index (κ2) is 12.2. The Labute approximate surface area is 163 Å². The number of ether oxygens (including phenoxy) is 3. The van der Waals surface area contributed by atoms with Crippen molar-refractivity contribution < 1.29 is 23.8 Å². The van der Waals surface area contributed by atoms with Crippen LogP contribution in [0, 0.1) is 5.92 Å². The summed E-state index contributed by atoms with van der Waals surface area (Å²) in [6.45, 7) is 9.51. The summed E-state index contributed by atoms with van der Waals surface area (Å²) in [6, 6.07) is -0.609. The Morgan fingerprint density at radius 3 is 2.48 bits per heavy atom. The molecule has 2 N–H and O–H groups in total. The topological polar surface area (TPSA) is 89.1 Å². The molecule has 1 aliphatic heterocycles. The fraction of sp³-hybridized carbons (Fsp3) is 0.895. The first-order valence-electron chi connectivity index (χ1n) is 9.75. The quantitative estimate of drug-likeness (QED) is 0.551. The molecule has 1 atom stereocenters. The van der Waals surface area contributed by atoms with E-state index in [4.69, 9.17) is 14.2 Å². The fourth-order valence-electron chi connectivity index (χ4n) is 2.95. The maximum atomic E-state index is 12.7. The first-order chi connectivity index (χ1) is 12.7. The van der Waals surface area contributed by atoms with Crippen molar-refractivity contribution in [1.29, 1.82) is 0 Å². The van der Waals surface area contributed by atoms with E-state index in [1.807, 2.05) is 7.05 Å². The third kappa shape index (κ3) is 10.5. The van der Waals surface area contributed by atoms with Crippen LogP contribution < -0.4 is 10.6 Å². The lowest BCUT2D eigenvalue weighted by atomic mass is 9.91. The number of rotatable bonds is 10. The Morgan fingerprint density at radius 1 is 1.22 bits per heavy atom. The molecular weight excluding hydrogens is 350 g/mol. The standard InChI is InChI=1S/C19H37N3O5/c1-19(2,3)27-18(24)21-16(15-7-13-26-14-8-15)17(23)20-9-11-22(4)10-6-12-25-5/h15-16H,6-14H2,1-5H3,(H,20,23)(H,21,24)/t16-/m0/s1. The third-order valence-corrected chi connectivity index (χ3v) is 4.37.